The van der Waals surface area contributed by atoms with Crippen LogP contribution in [-0.2, 0) is 14.3 Å². The maximum atomic E-state index is 11.4. The number of aliphatic hydroxyl groups is 1. The van der Waals surface area contributed by atoms with Crippen LogP contribution in [-0.4, -0.2) is 48.8 Å². The van der Waals surface area contributed by atoms with Crippen LogP contribution in [0.15, 0.2) is 0 Å². The van der Waals surface area contributed by atoms with E-state index in [1.54, 1.807) is 6.92 Å². The normalized spacial score (nSPS) is 16.0. The van der Waals surface area contributed by atoms with Crippen molar-refractivity contribution in [2.45, 2.75) is 31.4 Å². The number of carbonyl (C=O) groups is 2. The Morgan fingerprint density at radius 1 is 1.53 bits per heavy atom. The molecule has 0 aromatic carbocycles. The topological polar surface area (TPSA) is 128 Å². The molecule has 2 atom stereocenters. The third-order valence-corrected chi connectivity index (χ3v) is 2.25. The Kier molecular flexibility index (Phi) is 6.71. The molecule has 6 N–H and O–H groups in total. The molecule has 0 rings (SSSR count). The highest BCUT2D eigenvalue weighted by Gasteiger charge is 2.23. The van der Waals surface area contributed by atoms with Crippen molar-refractivity contribution in [3.05, 3.63) is 0 Å². The second-order valence-electron chi connectivity index (χ2n) is 4.23. The monoisotopic (exact) mass is 247 g/mol. The average Bonchev–Trinajstić information content (AvgIpc) is 2.22. The highest BCUT2D eigenvalue weighted by atomic mass is 16.5. The molecule has 0 aliphatic heterocycles. The molecule has 0 fully saturated rings. The largest absolute Gasteiger partial charge is 0.388 e. The Morgan fingerprint density at radius 3 is 2.59 bits per heavy atom. The van der Waals surface area contributed by atoms with Gasteiger partial charge in [0.15, 0.2) is 0 Å². The molecular formula is C10H21N3O4. The number of hydrogen-bond donors (Lipinski definition) is 4. The fraction of sp³-hybridized carbons (Fsp3) is 0.800. The van der Waals surface area contributed by atoms with E-state index in [9.17, 15) is 14.7 Å². The number of amides is 2. The summed E-state index contributed by atoms with van der Waals surface area (Å²) in [7, 11) is 1.53. The van der Waals surface area contributed by atoms with Crippen molar-refractivity contribution in [1.29, 1.82) is 0 Å². The minimum Gasteiger partial charge on any atom is -0.388 e. The summed E-state index contributed by atoms with van der Waals surface area (Å²) in [4.78, 5) is 22.0. The third-order valence-electron chi connectivity index (χ3n) is 2.25. The number of rotatable bonds is 8. The molecule has 100 valence electrons. The molecular weight excluding hydrogens is 226 g/mol. The van der Waals surface area contributed by atoms with Crippen molar-refractivity contribution in [2.24, 2.45) is 11.5 Å². The van der Waals surface area contributed by atoms with Crippen LogP contribution in [0.2, 0.25) is 0 Å². The van der Waals surface area contributed by atoms with Gasteiger partial charge in [-0.2, -0.15) is 0 Å². The lowest BCUT2D eigenvalue weighted by Crippen LogP contribution is -2.48. The van der Waals surface area contributed by atoms with E-state index in [0.29, 0.717) is 13.0 Å². The van der Waals surface area contributed by atoms with Crippen molar-refractivity contribution in [3.8, 4) is 0 Å². The van der Waals surface area contributed by atoms with Crippen molar-refractivity contribution < 1.29 is 19.4 Å². The fourth-order valence-electron chi connectivity index (χ4n) is 1.13. The van der Waals surface area contributed by atoms with Gasteiger partial charge >= 0.3 is 0 Å². The first kappa shape index (κ1) is 15.8. The van der Waals surface area contributed by atoms with Crippen molar-refractivity contribution in [3.63, 3.8) is 0 Å². The van der Waals surface area contributed by atoms with E-state index >= 15 is 0 Å². The second kappa shape index (κ2) is 7.21. The molecule has 0 saturated carbocycles. The molecule has 0 aliphatic carbocycles. The lowest BCUT2D eigenvalue weighted by Gasteiger charge is -2.24. The quantitative estimate of drug-likeness (QED) is 0.398. The first-order chi connectivity index (χ1) is 7.78. The molecule has 2 unspecified atom stereocenters. The van der Waals surface area contributed by atoms with Gasteiger partial charge in [-0.05, 0) is 6.92 Å². The summed E-state index contributed by atoms with van der Waals surface area (Å²) in [6.07, 6.45) is 0.168. The molecule has 17 heavy (non-hydrogen) atoms. The summed E-state index contributed by atoms with van der Waals surface area (Å²) in [6.45, 7) is 2.00. The van der Waals surface area contributed by atoms with Gasteiger partial charge in [0, 0.05) is 26.7 Å². The second-order valence-corrected chi connectivity index (χ2v) is 4.23. The Morgan fingerprint density at radius 2 is 2.12 bits per heavy atom. The molecule has 0 heterocycles. The highest BCUT2D eigenvalue weighted by Crippen LogP contribution is 2.07. The minimum atomic E-state index is -1.07. The summed E-state index contributed by atoms with van der Waals surface area (Å²) in [5.41, 5.74) is 9.27. The van der Waals surface area contributed by atoms with Gasteiger partial charge in [0.05, 0.1) is 18.1 Å². The number of primary amides is 1. The lowest BCUT2D eigenvalue weighted by molar-refractivity contribution is -0.127. The van der Waals surface area contributed by atoms with Crippen molar-refractivity contribution in [2.75, 3.05) is 20.3 Å². The zero-order valence-electron chi connectivity index (χ0n) is 10.2. The number of ether oxygens (including phenoxy) is 1. The van der Waals surface area contributed by atoms with Crippen molar-refractivity contribution >= 4 is 11.8 Å². The molecule has 0 aliphatic rings. The van der Waals surface area contributed by atoms with Crippen LogP contribution < -0.4 is 16.8 Å². The predicted molar refractivity (Wildman–Crippen MR) is 61.9 cm³/mol. The van der Waals surface area contributed by atoms with Crippen LogP contribution in [0.4, 0.5) is 0 Å². The summed E-state index contributed by atoms with van der Waals surface area (Å²) in [5.74, 6) is -1.15. The van der Waals surface area contributed by atoms with Crippen molar-refractivity contribution in [1.82, 2.24) is 5.32 Å². The number of hydrogen-bond acceptors (Lipinski definition) is 5. The predicted octanol–water partition coefficient (Wildman–Crippen LogP) is -1.91. The number of nitrogens with two attached hydrogens (primary N) is 2. The minimum absolute atomic E-state index is 0.0433. The van der Waals surface area contributed by atoms with Crippen LogP contribution in [0.1, 0.15) is 19.8 Å². The van der Waals surface area contributed by atoms with E-state index in [0.717, 1.165) is 0 Å². The molecule has 2 amide bonds. The van der Waals surface area contributed by atoms with Crippen LogP contribution >= 0.6 is 0 Å². The van der Waals surface area contributed by atoms with E-state index in [2.05, 4.69) is 5.32 Å². The Hall–Kier alpha value is -1.18. The molecule has 0 spiro atoms. The maximum absolute atomic E-state index is 11.4. The Labute approximate surface area is 100 Å². The van der Waals surface area contributed by atoms with Gasteiger partial charge in [-0.1, -0.05) is 0 Å². The third kappa shape index (κ3) is 7.67. The first-order valence-electron chi connectivity index (χ1n) is 5.31. The lowest BCUT2D eigenvalue weighted by atomic mass is 10.0. The zero-order valence-corrected chi connectivity index (χ0v) is 10.2. The molecule has 0 radical (unpaired) electrons. The number of nitrogens with one attached hydrogen (secondary N) is 1. The molecule has 7 nitrogen and oxygen atoms in total. The van der Waals surface area contributed by atoms with E-state index in [1.165, 1.54) is 7.11 Å². The molecule has 0 bridgehead atoms. The summed E-state index contributed by atoms with van der Waals surface area (Å²) < 4.78 is 4.83. The van der Waals surface area contributed by atoms with Crippen LogP contribution in [0.5, 0.6) is 0 Å². The smallest absolute Gasteiger partial charge is 0.237 e. The van der Waals surface area contributed by atoms with Gasteiger partial charge in [-0.15, -0.1) is 0 Å². The molecule has 0 saturated heterocycles. The van der Waals surface area contributed by atoms with Gasteiger partial charge in [-0.25, -0.2) is 0 Å². The van der Waals surface area contributed by atoms with Crippen LogP contribution in [0.25, 0.3) is 0 Å². The van der Waals surface area contributed by atoms with E-state index in [1.807, 2.05) is 0 Å². The molecule has 0 aromatic heterocycles. The highest BCUT2D eigenvalue weighted by molar-refractivity contribution is 5.87. The summed E-state index contributed by atoms with van der Waals surface area (Å²) in [6, 6.07) is -0.981. The molecule has 0 aromatic rings. The first-order valence-corrected chi connectivity index (χ1v) is 5.31. The van der Waals surface area contributed by atoms with Gasteiger partial charge in [0.25, 0.3) is 0 Å². The average molecular weight is 247 g/mol. The van der Waals surface area contributed by atoms with Crippen LogP contribution in [0.3, 0.4) is 0 Å². The number of methoxy groups -OCH3 is 1. The number of carbonyl (C=O) groups excluding carboxylic acids is 2. The SMILES string of the molecule is COCCC(C)(O)CNC(=O)C(N)CC(N)=O. The van der Waals surface area contributed by atoms with Gasteiger partial charge in [0.2, 0.25) is 11.8 Å². The van der Waals surface area contributed by atoms with Gasteiger partial charge < -0.3 is 26.6 Å². The maximum Gasteiger partial charge on any atom is 0.237 e. The van der Waals surface area contributed by atoms with Gasteiger partial charge in [0.1, 0.15) is 0 Å². The zero-order chi connectivity index (χ0) is 13.5. The summed E-state index contributed by atoms with van der Waals surface area (Å²) >= 11 is 0. The fourth-order valence-corrected chi connectivity index (χ4v) is 1.13. The van der Waals surface area contributed by atoms with E-state index in [-0.39, 0.29) is 13.0 Å². The molecule has 7 heteroatoms. The Bertz CT molecular complexity index is 268. The van der Waals surface area contributed by atoms with Gasteiger partial charge in [-0.3, -0.25) is 9.59 Å². The van der Waals surface area contributed by atoms with E-state index < -0.39 is 23.5 Å². The van der Waals surface area contributed by atoms with E-state index in [4.69, 9.17) is 16.2 Å². The Balaban J connectivity index is 4.01. The standard InChI is InChI=1S/C10H21N3O4/c1-10(16,3-4-17-2)6-13-9(15)7(11)5-8(12)14/h7,16H,3-6,11H2,1-2H3,(H2,12,14)(H,13,15). The van der Waals surface area contributed by atoms with Crippen LogP contribution in [0, 0.1) is 0 Å². The summed E-state index contributed by atoms with van der Waals surface area (Å²) in [5, 5.41) is 12.3.